The largest absolute Gasteiger partial charge is 0.350 e. The van der Waals surface area contributed by atoms with E-state index in [1.54, 1.807) is 22.7 Å². The number of nitrogens with zero attached hydrogens (tertiary/aromatic N) is 3. The van der Waals surface area contributed by atoms with Crippen LogP contribution < -0.4 is 5.32 Å². The number of hydrogen-bond acceptors (Lipinski definition) is 3. The quantitative estimate of drug-likeness (QED) is 0.929. The summed E-state index contributed by atoms with van der Waals surface area (Å²) < 4.78 is 1.57. The average Bonchev–Trinajstić information content (AvgIpc) is 3.05. The number of carbonyl (C=O) groups is 2. The molecular weight excluding hydrogens is 304 g/mol. The van der Waals surface area contributed by atoms with Gasteiger partial charge in [-0.3, -0.25) is 14.3 Å². The number of nitrogens with one attached hydrogen (secondary N) is 1. The Kier molecular flexibility index (Phi) is 4.38. The Balaban J connectivity index is 1.72. The smallest absolute Gasteiger partial charge is 0.269 e. The van der Waals surface area contributed by atoms with Crippen LogP contribution in [0.25, 0.3) is 0 Å². The number of aromatic nitrogens is 2. The summed E-state index contributed by atoms with van der Waals surface area (Å²) in [6, 6.07) is 11.7. The van der Waals surface area contributed by atoms with Crippen molar-refractivity contribution in [2.24, 2.45) is 13.0 Å². The van der Waals surface area contributed by atoms with Crippen molar-refractivity contribution in [2.75, 3.05) is 13.6 Å². The van der Waals surface area contributed by atoms with Crippen LogP contribution in [0.2, 0.25) is 0 Å². The van der Waals surface area contributed by atoms with Crippen LogP contribution in [0, 0.1) is 12.8 Å². The van der Waals surface area contributed by atoms with E-state index in [-0.39, 0.29) is 23.8 Å². The minimum atomic E-state index is -0.160. The first-order chi connectivity index (χ1) is 11.5. The van der Waals surface area contributed by atoms with Gasteiger partial charge in [-0.15, -0.1) is 0 Å². The Morgan fingerprint density at radius 1 is 1.29 bits per heavy atom. The first kappa shape index (κ1) is 16.2. The molecule has 1 fully saturated rings. The highest BCUT2D eigenvalue weighted by Crippen LogP contribution is 2.36. The van der Waals surface area contributed by atoms with Gasteiger partial charge < -0.3 is 10.2 Å². The number of likely N-dealkylation sites (tertiary alicyclic amines) is 1. The highest BCUT2D eigenvalue weighted by molar-refractivity contribution is 5.92. The van der Waals surface area contributed by atoms with Gasteiger partial charge in [0.2, 0.25) is 5.91 Å². The predicted molar refractivity (Wildman–Crippen MR) is 90.3 cm³/mol. The summed E-state index contributed by atoms with van der Waals surface area (Å²) >= 11 is 0. The van der Waals surface area contributed by atoms with Crippen LogP contribution in [-0.4, -0.2) is 40.1 Å². The number of benzene rings is 1. The molecule has 1 N–H and O–H groups in total. The molecule has 1 aliphatic heterocycles. The van der Waals surface area contributed by atoms with Gasteiger partial charge >= 0.3 is 0 Å². The van der Waals surface area contributed by atoms with Gasteiger partial charge in [0.1, 0.15) is 5.69 Å². The highest BCUT2D eigenvalue weighted by Gasteiger charge is 2.38. The topological polar surface area (TPSA) is 67.2 Å². The molecule has 2 amide bonds. The predicted octanol–water partition coefficient (Wildman–Crippen LogP) is 1.68. The molecule has 3 rings (SSSR count). The normalized spacial score (nSPS) is 20.5. The summed E-state index contributed by atoms with van der Waals surface area (Å²) in [5, 5.41) is 7.15. The van der Waals surface area contributed by atoms with Crippen LogP contribution in [-0.2, 0) is 11.8 Å². The number of rotatable bonds is 4. The maximum Gasteiger partial charge on any atom is 0.269 e. The molecule has 0 saturated carbocycles. The zero-order valence-corrected chi connectivity index (χ0v) is 14.2. The van der Waals surface area contributed by atoms with Crippen LogP contribution in [0.1, 0.15) is 34.2 Å². The molecule has 1 saturated heterocycles. The zero-order chi connectivity index (χ0) is 17.3. The third-order valence-electron chi connectivity index (χ3n) is 4.59. The van der Waals surface area contributed by atoms with E-state index in [2.05, 4.69) is 10.4 Å². The molecule has 0 spiro atoms. The fourth-order valence-corrected chi connectivity index (χ4v) is 3.42. The second-order valence-corrected chi connectivity index (χ2v) is 6.33. The molecular formula is C18H22N4O2. The molecule has 0 unspecified atom stereocenters. The second-order valence-electron chi connectivity index (χ2n) is 6.33. The van der Waals surface area contributed by atoms with Crippen LogP contribution in [0.3, 0.4) is 0 Å². The van der Waals surface area contributed by atoms with Gasteiger partial charge in [0.05, 0.1) is 11.7 Å². The van der Waals surface area contributed by atoms with Crippen molar-refractivity contribution in [3.8, 4) is 0 Å². The van der Waals surface area contributed by atoms with Gasteiger partial charge in [0, 0.05) is 33.0 Å². The molecule has 24 heavy (non-hydrogen) atoms. The lowest BCUT2D eigenvalue weighted by atomic mass is 9.93. The number of hydrogen-bond donors (Lipinski definition) is 1. The van der Waals surface area contributed by atoms with Crippen molar-refractivity contribution in [1.82, 2.24) is 20.0 Å². The standard InChI is InChI=1S/C18H22N4O2/c1-12-9-15(22(3)20-12)18(24)19-11-14-10-16(23)21(2)17(14)13-7-5-4-6-8-13/h4-9,14,17H,10-11H2,1-3H3,(H,19,24)/t14-,17-/m0/s1. The van der Waals surface area contributed by atoms with E-state index < -0.39 is 0 Å². The van der Waals surface area contributed by atoms with E-state index in [9.17, 15) is 9.59 Å². The van der Waals surface area contributed by atoms with Crippen LogP contribution in [0.5, 0.6) is 0 Å². The molecule has 1 aromatic carbocycles. The molecule has 0 aliphatic carbocycles. The van der Waals surface area contributed by atoms with Gasteiger partial charge in [-0.2, -0.15) is 5.10 Å². The van der Waals surface area contributed by atoms with Gasteiger partial charge in [-0.25, -0.2) is 0 Å². The molecule has 0 radical (unpaired) electrons. The van der Waals surface area contributed by atoms with Gasteiger partial charge in [0.15, 0.2) is 0 Å². The first-order valence-electron chi connectivity index (χ1n) is 8.07. The third-order valence-corrected chi connectivity index (χ3v) is 4.59. The van der Waals surface area contributed by atoms with Gasteiger partial charge in [0.25, 0.3) is 5.91 Å². The van der Waals surface area contributed by atoms with E-state index in [0.29, 0.717) is 18.7 Å². The average molecular weight is 326 g/mol. The zero-order valence-electron chi connectivity index (χ0n) is 14.2. The number of carbonyl (C=O) groups excluding carboxylic acids is 2. The summed E-state index contributed by atoms with van der Waals surface area (Å²) in [4.78, 5) is 26.3. The summed E-state index contributed by atoms with van der Waals surface area (Å²) in [5.74, 6) is 0.00886. The van der Waals surface area contributed by atoms with Gasteiger partial charge in [-0.05, 0) is 18.6 Å². The minimum Gasteiger partial charge on any atom is -0.350 e. The highest BCUT2D eigenvalue weighted by atomic mass is 16.2. The minimum absolute atomic E-state index is 0.00715. The fourth-order valence-electron chi connectivity index (χ4n) is 3.42. The van der Waals surface area contributed by atoms with Crippen molar-refractivity contribution in [1.29, 1.82) is 0 Å². The lowest BCUT2D eigenvalue weighted by molar-refractivity contribution is -0.127. The second kappa shape index (κ2) is 6.47. The molecule has 126 valence electrons. The maximum atomic E-state index is 12.4. The Morgan fingerprint density at radius 2 is 2.00 bits per heavy atom. The monoisotopic (exact) mass is 326 g/mol. The van der Waals surface area contributed by atoms with Crippen LogP contribution >= 0.6 is 0 Å². The lowest BCUT2D eigenvalue weighted by Gasteiger charge is -2.25. The van der Waals surface area contributed by atoms with E-state index in [4.69, 9.17) is 0 Å². The first-order valence-corrected chi connectivity index (χ1v) is 8.07. The SMILES string of the molecule is Cc1cc(C(=O)NC[C@@H]2CC(=O)N(C)[C@H]2c2ccccc2)n(C)n1. The summed E-state index contributed by atoms with van der Waals surface area (Å²) in [6.07, 6.45) is 0.445. The molecule has 2 atom stereocenters. The maximum absolute atomic E-state index is 12.4. The molecule has 1 aromatic heterocycles. The Bertz CT molecular complexity index is 754. The van der Waals surface area contributed by atoms with Crippen LogP contribution in [0.15, 0.2) is 36.4 Å². The Morgan fingerprint density at radius 3 is 2.62 bits per heavy atom. The van der Waals surface area contributed by atoms with Crippen molar-refractivity contribution in [3.63, 3.8) is 0 Å². The number of amides is 2. The Hall–Kier alpha value is -2.63. The van der Waals surface area contributed by atoms with Crippen molar-refractivity contribution >= 4 is 11.8 Å². The lowest BCUT2D eigenvalue weighted by Crippen LogP contribution is -2.33. The molecule has 6 nitrogen and oxygen atoms in total. The van der Waals surface area contributed by atoms with E-state index in [0.717, 1.165) is 11.3 Å². The van der Waals surface area contributed by atoms with Gasteiger partial charge in [-0.1, -0.05) is 30.3 Å². The summed E-state index contributed by atoms with van der Waals surface area (Å²) in [6.45, 7) is 2.31. The van der Waals surface area contributed by atoms with Crippen molar-refractivity contribution in [2.45, 2.75) is 19.4 Å². The van der Waals surface area contributed by atoms with E-state index in [1.807, 2.05) is 44.3 Å². The van der Waals surface area contributed by atoms with Crippen LogP contribution in [0.4, 0.5) is 0 Å². The van der Waals surface area contributed by atoms with Crippen molar-refractivity contribution in [3.05, 3.63) is 53.3 Å². The molecule has 6 heteroatoms. The summed E-state index contributed by atoms with van der Waals surface area (Å²) in [7, 11) is 3.58. The molecule has 1 aliphatic rings. The third kappa shape index (κ3) is 3.04. The fraction of sp³-hybridized carbons (Fsp3) is 0.389. The Labute approximate surface area is 141 Å². The van der Waals surface area contributed by atoms with Crippen molar-refractivity contribution < 1.29 is 9.59 Å². The summed E-state index contributed by atoms with van der Waals surface area (Å²) in [5.41, 5.74) is 2.43. The molecule has 0 bridgehead atoms. The van der Waals surface area contributed by atoms with E-state index >= 15 is 0 Å². The number of aryl methyl sites for hydroxylation is 2. The molecule has 2 heterocycles. The van der Waals surface area contributed by atoms with E-state index in [1.165, 1.54) is 0 Å². The molecule has 2 aromatic rings.